The van der Waals surface area contributed by atoms with Gasteiger partial charge in [-0.25, -0.2) is 8.42 Å². The highest BCUT2D eigenvalue weighted by molar-refractivity contribution is 7.92. The van der Waals surface area contributed by atoms with Crippen LogP contribution in [0, 0.1) is 10.1 Å². The van der Waals surface area contributed by atoms with Crippen LogP contribution in [-0.2, 0) is 26.2 Å². The number of methoxy groups -OCH3 is 1. The highest BCUT2D eigenvalue weighted by Crippen LogP contribution is 2.26. The number of ether oxygens (including phenoxy) is 1. The summed E-state index contributed by atoms with van der Waals surface area (Å²) in [6.07, 6.45) is 0.689. The first-order valence-electron chi connectivity index (χ1n) is 13.0. The smallest absolute Gasteiger partial charge is 0.269 e. The lowest BCUT2D eigenvalue weighted by molar-refractivity contribution is -0.384. The molecule has 11 nitrogen and oxygen atoms in total. The SMILES string of the molecule is CC[C@H](C)NC(=O)[C@@H](C)N(Cc1ccc(OC)cc1)C(=O)CN(c1ccc([N+](=O)[O-])cc1)S(=O)(=O)c1ccccc1. The van der Waals surface area contributed by atoms with Crippen LogP contribution in [0.3, 0.4) is 0 Å². The first kappa shape index (κ1) is 31.1. The summed E-state index contributed by atoms with van der Waals surface area (Å²) in [4.78, 5) is 38.9. The number of amides is 2. The zero-order valence-corrected chi connectivity index (χ0v) is 24.2. The van der Waals surface area contributed by atoms with Crippen LogP contribution in [0.1, 0.15) is 32.8 Å². The average Bonchev–Trinajstić information content (AvgIpc) is 2.98. The Morgan fingerprint density at radius 1 is 0.976 bits per heavy atom. The predicted octanol–water partition coefficient (Wildman–Crippen LogP) is 4.13. The van der Waals surface area contributed by atoms with Crippen molar-refractivity contribution in [3.05, 3.63) is 94.5 Å². The van der Waals surface area contributed by atoms with Gasteiger partial charge in [0.15, 0.2) is 0 Å². The minimum Gasteiger partial charge on any atom is -0.497 e. The van der Waals surface area contributed by atoms with Crippen LogP contribution in [0.5, 0.6) is 5.75 Å². The molecular weight excluding hydrogens is 548 g/mol. The highest BCUT2D eigenvalue weighted by Gasteiger charge is 2.33. The van der Waals surface area contributed by atoms with Gasteiger partial charge in [0.05, 0.1) is 22.6 Å². The fourth-order valence-electron chi connectivity index (χ4n) is 3.96. The molecule has 0 spiro atoms. The number of nitrogens with zero attached hydrogens (tertiary/aromatic N) is 3. The van der Waals surface area contributed by atoms with E-state index in [9.17, 15) is 28.1 Å². The van der Waals surface area contributed by atoms with Gasteiger partial charge in [-0.1, -0.05) is 37.3 Å². The number of benzene rings is 3. The van der Waals surface area contributed by atoms with Gasteiger partial charge in [0, 0.05) is 24.7 Å². The molecular formula is C29H34N4O7S. The predicted molar refractivity (Wildman–Crippen MR) is 155 cm³/mol. The number of nitro benzene ring substituents is 1. The Morgan fingerprint density at radius 2 is 1.59 bits per heavy atom. The molecule has 0 radical (unpaired) electrons. The Balaban J connectivity index is 2.02. The number of hydrogen-bond donors (Lipinski definition) is 1. The molecule has 0 unspecified atom stereocenters. The van der Waals surface area contributed by atoms with Gasteiger partial charge >= 0.3 is 0 Å². The molecule has 2 amide bonds. The Labute approximate surface area is 239 Å². The van der Waals surface area contributed by atoms with Crippen molar-refractivity contribution in [3.8, 4) is 5.75 Å². The van der Waals surface area contributed by atoms with E-state index in [2.05, 4.69) is 5.32 Å². The maximum Gasteiger partial charge on any atom is 0.269 e. The normalized spacial score (nSPS) is 12.6. The summed E-state index contributed by atoms with van der Waals surface area (Å²) in [7, 11) is -2.73. The van der Waals surface area contributed by atoms with Crippen molar-refractivity contribution >= 4 is 33.2 Å². The molecule has 0 bridgehead atoms. The topological polar surface area (TPSA) is 139 Å². The Hall–Kier alpha value is -4.45. The third-order valence-electron chi connectivity index (χ3n) is 6.64. The first-order chi connectivity index (χ1) is 19.5. The summed E-state index contributed by atoms with van der Waals surface area (Å²) in [5.41, 5.74) is 0.539. The molecule has 12 heteroatoms. The second-order valence-electron chi connectivity index (χ2n) is 9.46. The maximum atomic E-state index is 13.9. The van der Waals surface area contributed by atoms with Gasteiger partial charge in [-0.15, -0.1) is 0 Å². The summed E-state index contributed by atoms with van der Waals surface area (Å²) in [5, 5.41) is 14.1. The maximum absolute atomic E-state index is 13.9. The molecule has 0 aliphatic rings. The number of hydrogen-bond acceptors (Lipinski definition) is 7. The molecule has 41 heavy (non-hydrogen) atoms. The number of anilines is 1. The number of sulfonamides is 1. The molecule has 0 aliphatic heterocycles. The minimum atomic E-state index is -4.27. The van der Waals surface area contributed by atoms with E-state index >= 15 is 0 Å². The molecule has 0 heterocycles. The zero-order chi connectivity index (χ0) is 30.2. The van der Waals surface area contributed by atoms with E-state index < -0.39 is 33.4 Å². The number of nitrogens with one attached hydrogen (secondary N) is 1. The second kappa shape index (κ2) is 13.8. The van der Waals surface area contributed by atoms with Gasteiger partial charge in [0.2, 0.25) is 11.8 Å². The van der Waals surface area contributed by atoms with Crippen LogP contribution < -0.4 is 14.4 Å². The zero-order valence-electron chi connectivity index (χ0n) is 23.4. The van der Waals surface area contributed by atoms with Crippen molar-refractivity contribution in [1.82, 2.24) is 10.2 Å². The van der Waals surface area contributed by atoms with E-state index in [1.54, 1.807) is 49.4 Å². The summed E-state index contributed by atoms with van der Waals surface area (Å²) in [6, 6.07) is 18.4. The lowest BCUT2D eigenvalue weighted by atomic mass is 10.1. The molecule has 0 aliphatic carbocycles. The molecule has 0 fully saturated rings. The fourth-order valence-corrected chi connectivity index (χ4v) is 5.40. The van der Waals surface area contributed by atoms with Gasteiger partial charge in [-0.2, -0.15) is 0 Å². The standard InChI is InChI=1S/C29H34N4O7S/c1-5-21(2)30-29(35)22(3)31(19-23-11-17-26(40-4)18-12-23)28(34)20-32(24-13-15-25(16-14-24)33(36)37)41(38,39)27-9-7-6-8-10-27/h6-18,21-22H,5,19-20H2,1-4H3,(H,30,35)/t21-,22+/m0/s1. The van der Waals surface area contributed by atoms with E-state index in [0.717, 1.165) is 4.31 Å². The lowest BCUT2D eigenvalue weighted by Crippen LogP contribution is -2.52. The van der Waals surface area contributed by atoms with Crippen molar-refractivity contribution in [2.75, 3.05) is 18.0 Å². The van der Waals surface area contributed by atoms with E-state index in [4.69, 9.17) is 4.74 Å². The summed E-state index contributed by atoms with van der Waals surface area (Å²) >= 11 is 0. The summed E-state index contributed by atoms with van der Waals surface area (Å²) < 4.78 is 33.6. The van der Waals surface area contributed by atoms with Gasteiger partial charge in [0.25, 0.3) is 15.7 Å². The average molecular weight is 583 g/mol. The van der Waals surface area contributed by atoms with Gasteiger partial charge in [-0.3, -0.25) is 24.0 Å². The van der Waals surface area contributed by atoms with Gasteiger partial charge < -0.3 is 15.0 Å². The molecule has 3 aromatic rings. The van der Waals surface area contributed by atoms with Crippen LogP contribution in [-0.4, -0.2) is 55.8 Å². The van der Waals surface area contributed by atoms with E-state index in [1.165, 1.54) is 48.4 Å². The number of carbonyl (C=O) groups is 2. The molecule has 2 atom stereocenters. The highest BCUT2D eigenvalue weighted by atomic mass is 32.2. The summed E-state index contributed by atoms with van der Waals surface area (Å²) in [5.74, 6) is -0.396. The quantitative estimate of drug-likeness (QED) is 0.236. The molecule has 1 N–H and O–H groups in total. The van der Waals surface area contributed by atoms with Crippen molar-refractivity contribution < 1.29 is 27.7 Å². The fraction of sp³-hybridized carbons (Fsp3) is 0.310. The number of rotatable bonds is 13. The van der Waals surface area contributed by atoms with E-state index in [-0.39, 0.29) is 34.8 Å². The van der Waals surface area contributed by atoms with Crippen molar-refractivity contribution in [1.29, 1.82) is 0 Å². The molecule has 0 saturated carbocycles. The Bertz CT molecular complexity index is 1450. The van der Waals surface area contributed by atoms with Crippen molar-refractivity contribution in [2.24, 2.45) is 0 Å². The molecule has 218 valence electrons. The van der Waals surface area contributed by atoms with Crippen LogP contribution >= 0.6 is 0 Å². The van der Waals surface area contributed by atoms with Crippen LogP contribution in [0.25, 0.3) is 0 Å². The van der Waals surface area contributed by atoms with Crippen LogP contribution in [0.4, 0.5) is 11.4 Å². The van der Waals surface area contributed by atoms with Crippen molar-refractivity contribution in [3.63, 3.8) is 0 Å². The van der Waals surface area contributed by atoms with E-state index in [1.807, 2.05) is 13.8 Å². The summed E-state index contributed by atoms with van der Waals surface area (Å²) in [6.45, 7) is 4.74. The Kier molecular flexibility index (Phi) is 10.4. The van der Waals surface area contributed by atoms with E-state index in [0.29, 0.717) is 17.7 Å². The third-order valence-corrected chi connectivity index (χ3v) is 8.43. The molecule has 0 aromatic heterocycles. The molecule has 3 rings (SSSR count). The second-order valence-corrected chi connectivity index (χ2v) is 11.3. The molecule has 0 saturated heterocycles. The monoisotopic (exact) mass is 582 g/mol. The number of nitro groups is 1. The Morgan fingerprint density at radius 3 is 2.12 bits per heavy atom. The first-order valence-corrected chi connectivity index (χ1v) is 14.5. The van der Waals surface area contributed by atoms with Crippen LogP contribution in [0.15, 0.2) is 83.8 Å². The van der Waals surface area contributed by atoms with Crippen LogP contribution in [0.2, 0.25) is 0 Å². The lowest BCUT2D eigenvalue weighted by Gasteiger charge is -2.32. The minimum absolute atomic E-state index is 0.0252. The van der Waals surface area contributed by atoms with Gasteiger partial charge in [-0.05, 0) is 62.2 Å². The molecule has 3 aromatic carbocycles. The van der Waals surface area contributed by atoms with Gasteiger partial charge in [0.1, 0.15) is 18.3 Å². The third kappa shape index (κ3) is 7.82. The number of non-ortho nitro benzene ring substituents is 1. The number of carbonyl (C=O) groups excluding carboxylic acids is 2. The largest absolute Gasteiger partial charge is 0.497 e. The van der Waals surface area contributed by atoms with Crippen molar-refractivity contribution in [2.45, 2.75) is 50.7 Å².